The molecule has 1 N–H and O–H groups in total. The van der Waals surface area contributed by atoms with Crippen LogP contribution in [0.2, 0.25) is 0 Å². The summed E-state index contributed by atoms with van der Waals surface area (Å²) < 4.78 is 7.78. The zero-order valence-electron chi connectivity index (χ0n) is 14.9. The number of likely N-dealkylation sites (tertiary alicyclic amines) is 1. The van der Waals surface area contributed by atoms with Gasteiger partial charge in [-0.3, -0.25) is 9.69 Å². The van der Waals surface area contributed by atoms with Crippen molar-refractivity contribution in [3.05, 3.63) is 40.9 Å². The quantitative estimate of drug-likeness (QED) is 0.936. The van der Waals surface area contributed by atoms with Gasteiger partial charge in [0.05, 0.1) is 18.3 Å². The Morgan fingerprint density at radius 3 is 2.83 bits per heavy atom. The molecule has 0 bridgehead atoms. The largest absolute Gasteiger partial charge is 0.444 e. The Morgan fingerprint density at radius 1 is 1.38 bits per heavy atom. The third-order valence-corrected chi connectivity index (χ3v) is 4.99. The van der Waals surface area contributed by atoms with Gasteiger partial charge in [-0.1, -0.05) is 6.42 Å². The molecule has 1 aliphatic rings. The molecule has 0 radical (unpaired) electrons. The molecule has 0 aliphatic carbocycles. The summed E-state index contributed by atoms with van der Waals surface area (Å²) in [6, 6.07) is 4.26. The lowest BCUT2D eigenvalue weighted by molar-refractivity contribution is 0.0951. The van der Waals surface area contributed by atoms with Gasteiger partial charge in [0.1, 0.15) is 11.5 Å². The van der Waals surface area contributed by atoms with Crippen LogP contribution in [0.25, 0.3) is 0 Å². The van der Waals surface area contributed by atoms with Crippen LogP contribution in [0.3, 0.4) is 0 Å². The van der Waals surface area contributed by atoms with Gasteiger partial charge in [0.2, 0.25) is 5.89 Å². The van der Waals surface area contributed by atoms with E-state index in [4.69, 9.17) is 4.42 Å². The molecule has 1 amide bonds. The van der Waals surface area contributed by atoms with Crippen LogP contribution in [0.15, 0.2) is 16.5 Å². The normalized spacial score (nSPS) is 18.8. The molecule has 3 rings (SSSR count). The molecule has 0 spiro atoms. The van der Waals surface area contributed by atoms with E-state index < -0.39 is 0 Å². The predicted molar refractivity (Wildman–Crippen MR) is 91.8 cm³/mol. The fourth-order valence-electron chi connectivity index (χ4n) is 3.51. The number of nitrogens with zero attached hydrogens (tertiary/aromatic N) is 3. The van der Waals surface area contributed by atoms with Gasteiger partial charge in [0, 0.05) is 19.8 Å². The first-order chi connectivity index (χ1) is 11.5. The minimum Gasteiger partial charge on any atom is -0.444 e. The summed E-state index contributed by atoms with van der Waals surface area (Å²) in [5.41, 5.74) is 2.83. The maximum Gasteiger partial charge on any atom is 0.267 e. The molecule has 1 atom stereocenters. The summed E-state index contributed by atoms with van der Waals surface area (Å²) in [4.78, 5) is 18.9. The molecule has 1 aliphatic heterocycles. The number of aromatic nitrogens is 2. The molecule has 2 aromatic rings. The zero-order chi connectivity index (χ0) is 17.3. The number of carbonyl (C=O) groups is 1. The first-order valence-electron chi connectivity index (χ1n) is 8.56. The second-order valence-corrected chi connectivity index (χ2v) is 6.51. The Bertz CT molecular complexity index is 712. The summed E-state index contributed by atoms with van der Waals surface area (Å²) in [5, 5.41) is 2.70. The number of amides is 1. The van der Waals surface area contributed by atoms with E-state index in [1.165, 1.54) is 18.5 Å². The third kappa shape index (κ3) is 3.11. The first-order valence-corrected chi connectivity index (χ1v) is 8.56. The van der Waals surface area contributed by atoms with Gasteiger partial charge >= 0.3 is 0 Å². The van der Waals surface area contributed by atoms with E-state index in [0.29, 0.717) is 12.2 Å². The fourth-order valence-corrected chi connectivity index (χ4v) is 3.51. The number of piperidine rings is 1. The molecule has 1 fully saturated rings. The number of hydrogen-bond donors (Lipinski definition) is 1. The minimum atomic E-state index is -0.0509. The number of rotatable bonds is 4. The van der Waals surface area contributed by atoms with Crippen molar-refractivity contribution in [2.45, 2.75) is 45.7 Å². The smallest absolute Gasteiger partial charge is 0.267 e. The first kappa shape index (κ1) is 16.8. The number of oxazole rings is 1. The van der Waals surface area contributed by atoms with Gasteiger partial charge in [-0.25, -0.2) is 4.98 Å². The maximum atomic E-state index is 12.0. The van der Waals surface area contributed by atoms with Crippen LogP contribution in [0.1, 0.15) is 58.8 Å². The molecule has 0 saturated carbocycles. The average Bonchev–Trinajstić information content (AvgIpc) is 3.10. The molecular weight excluding hydrogens is 304 g/mol. The second-order valence-electron chi connectivity index (χ2n) is 6.51. The summed E-state index contributed by atoms with van der Waals surface area (Å²) in [6.45, 7) is 5.65. The summed E-state index contributed by atoms with van der Waals surface area (Å²) in [7, 11) is 3.63. The van der Waals surface area contributed by atoms with Crippen LogP contribution >= 0.6 is 0 Å². The lowest BCUT2D eigenvalue weighted by Crippen LogP contribution is -2.34. The summed E-state index contributed by atoms with van der Waals surface area (Å²) >= 11 is 0. The van der Waals surface area contributed by atoms with Crippen molar-refractivity contribution in [2.24, 2.45) is 7.05 Å². The van der Waals surface area contributed by atoms with Crippen molar-refractivity contribution in [3.63, 3.8) is 0 Å². The highest BCUT2D eigenvalue weighted by atomic mass is 16.4. The van der Waals surface area contributed by atoms with E-state index in [1.54, 1.807) is 7.05 Å². The molecule has 2 aromatic heterocycles. The minimum absolute atomic E-state index is 0.0509. The van der Waals surface area contributed by atoms with Crippen molar-refractivity contribution in [1.29, 1.82) is 0 Å². The lowest BCUT2D eigenvalue weighted by Gasteiger charge is -2.35. The Hall–Kier alpha value is -2.08. The second kappa shape index (κ2) is 6.81. The van der Waals surface area contributed by atoms with Gasteiger partial charge in [-0.05, 0) is 45.4 Å². The molecule has 24 heavy (non-hydrogen) atoms. The van der Waals surface area contributed by atoms with Crippen molar-refractivity contribution in [3.8, 4) is 0 Å². The monoisotopic (exact) mass is 330 g/mol. The van der Waals surface area contributed by atoms with Crippen molar-refractivity contribution in [2.75, 3.05) is 13.6 Å². The highest BCUT2D eigenvalue weighted by Gasteiger charge is 2.28. The molecule has 3 heterocycles. The predicted octanol–water partition coefficient (Wildman–Crippen LogP) is 2.72. The number of nitrogens with one attached hydrogen (secondary N) is 1. The summed E-state index contributed by atoms with van der Waals surface area (Å²) in [5.74, 6) is 1.61. The van der Waals surface area contributed by atoms with E-state index in [0.717, 1.165) is 30.3 Å². The van der Waals surface area contributed by atoms with Gasteiger partial charge < -0.3 is 14.3 Å². The standard InChI is InChI=1S/C18H26N4O2/c1-12-13(2)24-17(20-12)11-22-10-6-5-7-15(22)14-8-9-16(21(14)4)18(23)19-3/h8-9,15H,5-7,10-11H2,1-4H3,(H,19,23)/t15-/m0/s1. The van der Waals surface area contributed by atoms with Gasteiger partial charge in [-0.15, -0.1) is 0 Å². The zero-order valence-corrected chi connectivity index (χ0v) is 14.9. The molecule has 6 nitrogen and oxygen atoms in total. The molecule has 0 unspecified atom stereocenters. The average molecular weight is 330 g/mol. The SMILES string of the molecule is CNC(=O)c1ccc([C@@H]2CCCCN2Cc2nc(C)c(C)o2)n1C. The Kier molecular flexibility index (Phi) is 4.76. The van der Waals surface area contributed by atoms with Gasteiger partial charge in [0.15, 0.2) is 0 Å². The molecular formula is C18H26N4O2. The van der Waals surface area contributed by atoms with Crippen LogP contribution in [0.5, 0.6) is 0 Å². The van der Waals surface area contributed by atoms with Crippen LogP contribution in [-0.2, 0) is 13.6 Å². The number of carbonyl (C=O) groups excluding carboxylic acids is 1. The topological polar surface area (TPSA) is 63.3 Å². The van der Waals surface area contributed by atoms with Crippen LogP contribution in [0, 0.1) is 13.8 Å². The van der Waals surface area contributed by atoms with Crippen molar-refractivity contribution >= 4 is 5.91 Å². The Morgan fingerprint density at radius 2 is 2.17 bits per heavy atom. The van der Waals surface area contributed by atoms with Gasteiger partial charge in [-0.2, -0.15) is 0 Å². The van der Waals surface area contributed by atoms with Gasteiger partial charge in [0.25, 0.3) is 5.91 Å². The Balaban J connectivity index is 1.84. The van der Waals surface area contributed by atoms with E-state index in [-0.39, 0.29) is 11.9 Å². The summed E-state index contributed by atoms with van der Waals surface area (Å²) in [6.07, 6.45) is 3.47. The van der Waals surface area contributed by atoms with Crippen LogP contribution in [0.4, 0.5) is 0 Å². The van der Waals surface area contributed by atoms with Crippen molar-refractivity contribution in [1.82, 2.24) is 19.8 Å². The van der Waals surface area contributed by atoms with E-state index >= 15 is 0 Å². The molecule has 6 heteroatoms. The molecule has 130 valence electrons. The molecule has 1 saturated heterocycles. The van der Waals surface area contributed by atoms with E-state index in [1.807, 2.05) is 31.5 Å². The van der Waals surface area contributed by atoms with Crippen molar-refractivity contribution < 1.29 is 9.21 Å². The maximum absolute atomic E-state index is 12.0. The highest BCUT2D eigenvalue weighted by molar-refractivity contribution is 5.92. The van der Waals surface area contributed by atoms with E-state index in [9.17, 15) is 4.79 Å². The number of aryl methyl sites for hydroxylation is 2. The molecule has 0 aromatic carbocycles. The third-order valence-electron chi connectivity index (χ3n) is 4.99. The lowest BCUT2D eigenvalue weighted by atomic mass is 9.99. The fraction of sp³-hybridized carbons (Fsp3) is 0.556. The highest BCUT2D eigenvalue weighted by Crippen LogP contribution is 2.33. The van der Waals surface area contributed by atoms with Crippen LogP contribution in [-0.4, -0.2) is 34.0 Å². The Labute approximate surface area is 142 Å². The van der Waals surface area contributed by atoms with Crippen LogP contribution < -0.4 is 5.32 Å². The number of hydrogen-bond acceptors (Lipinski definition) is 4. The van der Waals surface area contributed by atoms with E-state index in [2.05, 4.69) is 21.3 Å².